The average molecular weight is 396 g/mol. The van der Waals surface area contributed by atoms with Crippen molar-refractivity contribution in [2.45, 2.75) is 6.42 Å². The van der Waals surface area contributed by atoms with Gasteiger partial charge in [0.15, 0.2) is 0 Å². The summed E-state index contributed by atoms with van der Waals surface area (Å²) in [6.07, 6.45) is 0.697. The number of nitrogens with zero attached hydrogens (tertiary/aromatic N) is 1. The van der Waals surface area contributed by atoms with Gasteiger partial charge in [0, 0.05) is 29.1 Å². The number of methoxy groups -OCH3 is 1. The number of rotatable bonds is 4. The molecule has 0 unspecified atom stereocenters. The molecule has 142 valence electrons. The number of carbonyl (C=O) groups excluding carboxylic acids is 2. The molecule has 0 aliphatic carbocycles. The molecule has 0 spiro atoms. The molecule has 1 N–H and O–H groups in total. The van der Waals surface area contributed by atoms with Gasteiger partial charge in [-0.05, 0) is 54.6 Å². The van der Waals surface area contributed by atoms with Crippen molar-refractivity contribution < 1.29 is 18.7 Å². The third-order valence-corrected chi connectivity index (χ3v) is 5.73. The number of benzene rings is 2. The van der Waals surface area contributed by atoms with E-state index in [1.54, 1.807) is 42.3 Å². The van der Waals surface area contributed by atoms with E-state index < -0.39 is 0 Å². The molecular formula is C21H17FN2O3S. The van der Waals surface area contributed by atoms with Crippen molar-refractivity contribution >= 4 is 34.5 Å². The van der Waals surface area contributed by atoms with Gasteiger partial charge in [-0.25, -0.2) is 4.39 Å². The zero-order valence-electron chi connectivity index (χ0n) is 15.1. The molecule has 2 aromatic carbocycles. The van der Waals surface area contributed by atoms with Crippen LogP contribution in [0.5, 0.6) is 5.75 Å². The van der Waals surface area contributed by atoms with Crippen LogP contribution in [-0.4, -0.2) is 25.5 Å². The first kappa shape index (κ1) is 18.2. The first-order valence-corrected chi connectivity index (χ1v) is 9.52. The highest BCUT2D eigenvalue weighted by Gasteiger charge is 2.29. The molecule has 0 saturated heterocycles. The van der Waals surface area contributed by atoms with E-state index in [0.717, 1.165) is 10.6 Å². The largest absolute Gasteiger partial charge is 0.497 e. The standard InChI is InChI=1S/C21H17FN2O3S/c1-27-16-8-6-15(7-9-16)23-20(25)19-12-17-18(28-19)10-11-24(17)21(26)13-2-4-14(22)5-3-13/h2-9,12H,10-11H2,1H3,(H,23,25). The molecule has 28 heavy (non-hydrogen) atoms. The monoisotopic (exact) mass is 396 g/mol. The SMILES string of the molecule is COc1ccc(NC(=O)c2cc3c(s2)CCN3C(=O)c2ccc(F)cc2)cc1. The van der Waals surface area contributed by atoms with Crippen molar-refractivity contribution in [3.63, 3.8) is 0 Å². The molecule has 0 radical (unpaired) electrons. The molecule has 5 nitrogen and oxygen atoms in total. The van der Waals surface area contributed by atoms with Crippen molar-refractivity contribution in [1.29, 1.82) is 0 Å². The molecule has 1 aromatic heterocycles. The summed E-state index contributed by atoms with van der Waals surface area (Å²) in [6, 6.07) is 14.3. The Bertz CT molecular complexity index is 1030. The van der Waals surface area contributed by atoms with Crippen LogP contribution in [0.2, 0.25) is 0 Å². The van der Waals surface area contributed by atoms with Crippen molar-refractivity contribution in [3.8, 4) is 5.75 Å². The maximum absolute atomic E-state index is 13.1. The van der Waals surface area contributed by atoms with Gasteiger partial charge in [0.2, 0.25) is 0 Å². The molecule has 0 atom stereocenters. The molecule has 1 aliphatic heterocycles. The lowest BCUT2D eigenvalue weighted by molar-refractivity contribution is 0.0986. The van der Waals surface area contributed by atoms with Gasteiger partial charge < -0.3 is 15.0 Å². The zero-order valence-corrected chi connectivity index (χ0v) is 15.9. The molecule has 4 rings (SSSR count). The summed E-state index contributed by atoms with van der Waals surface area (Å²) in [5.74, 6) is -0.0906. The second-order valence-electron chi connectivity index (χ2n) is 6.32. The van der Waals surface area contributed by atoms with Crippen LogP contribution in [0.1, 0.15) is 24.9 Å². The summed E-state index contributed by atoms with van der Waals surface area (Å²) in [7, 11) is 1.58. The molecule has 0 bridgehead atoms. The number of halogens is 1. The van der Waals surface area contributed by atoms with Gasteiger partial charge in [-0.1, -0.05) is 0 Å². The number of thiophene rings is 1. The number of amides is 2. The first-order chi connectivity index (χ1) is 13.5. The summed E-state index contributed by atoms with van der Waals surface area (Å²) in [6.45, 7) is 0.553. The number of fused-ring (bicyclic) bond motifs is 1. The minimum atomic E-state index is -0.383. The Morgan fingerprint density at radius 1 is 1.11 bits per heavy atom. The van der Waals surface area contributed by atoms with Crippen LogP contribution in [0, 0.1) is 5.82 Å². The lowest BCUT2D eigenvalue weighted by Gasteiger charge is -2.16. The topological polar surface area (TPSA) is 58.6 Å². The Labute approximate surface area is 165 Å². The third kappa shape index (κ3) is 3.48. The molecule has 7 heteroatoms. The smallest absolute Gasteiger partial charge is 0.265 e. The van der Waals surface area contributed by atoms with Gasteiger partial charge in [0.1, 0.15) is 11.6 Å². The lowest BCUT2D eigenvalue weighted by atomic mass is 10.2. The van der Waals surface area contributed by atoms with Gasteiger partial charge in [-0.15, -0.1) is 11.3 Å². The Balaban J connectivity index is 1.51. The summed E-state index contributed by atoms with van der Waals surface area (Å²) in [4.78, 5) is 28.5. The number of anilines is 2. The fourth-order valence-corrected chi connectivity index (χ4v) is 4.15. The second-order valence-corrected chi connectivity index (χ2v) is 7.45. The van der Waals surface area contributed by atoms with Crippen molar-refractivity contribution in [3.05, 3.63) is 75.7 Å². The lowest BCUT2D eigenvalue weighted by Crippen LogP contribution is -2.28. The minimum Gasteiger partial charge on any atom is -0.497 e. The number of ether oxygens (including phenoxy) is 1. The van der Waals surface area contributed by atoms with Crippen LogP contribution >= 0.6 is 11.3 Å². The highest BCUT2D eigenvalue weighted by Crippen LogP contribution is 2.37. The van der Waals surface area contributed by atoms with Gasteiger partial charge >= 0.3 is 0 Å². The van der Waals surface area contributed by atoms with Gasteiger partial charge in [-0.2, -0.15) is 0 Å². The van der Waals surface area contributed by atoms with E-state index in [-0.39, 0.29) is 17.6 Å². The first-order valence-electron chi connectivity index (χ1n) is 8.70. The molecule has 1 aliphatic rings. The van der Waals surface area contributed by atoms with Crippen LogP contribution < -0.4 is 15.0 Å². The number of carbonyl (C=O) groups is 2. The van der Waals surface area contributed by atoms with Crippen molar-refractivity contribution in [1.82, 2.24) is 0 Å². The minimum absolute atomic E-state index is 0.196. The fraction of sp³-hybridized carbons (Fsp3) is 0.143. The maximum atomic E-state index is 13.1. The molecule has 2 heterocycles. The van der Waals surface area contributed by atoms with Crippen LogP contribution in [0.3, 0.4) is 0 Å². The number of hydrogen-bond acceptors (Lipinski definition) is 4. The molecular weight excluding hydrogens is 379 g/mol. The Hall–Kier alpha value is -3.19. The highest BCUT2D eigenvalue weighted by atomic mass is 32.1. The highest BCUT2D eigenvalue weighted by molar-refractivity contribution is 7.14. The Morgan fingerprint density at radius 3 is 2.50 bits per heavy atom. The van der Waals surface area contributed by atoms with Gasteiger partial charge in [-0.3, -0.25) is 9.59 Å². The van der Waals surface area contributed by atoms with Crippen molar-refractivity contribution in [2.24, 2.45) is 0 Å². The molecule has 0 saturated carbocycles. The number of nitrogens with one attached hydrogen (secondary N) is 1. The maximum Gasteiger partial charge on any atom is 0.265 e. The Morgan fingerprint density at radius 2 is 1.82 bits per heavy atom. The second kappa shape index (κ2) is 7.44. The van der Waals surface area contributed by atoms with Gasteiger partial charge in [0.05, 0.1) is 17.7 Å². The van der Waals surface area contributed by atoms with Crippen LogP contribution in [-0.2, 0) is 6.42 Å². The summed E-state index contributed by atoms with van der Waals surface area (Å²) < 4.78 is 18.2. The summed E-state index contributed by atoms with van der Waals surface area (Å²) in [5, 5.41) is 2.85. The quantitative estimate of drug-likeness (QED) is 0.713. The molecule has 2 amide bonds. The van der Waals surface area contributed by atoms with Gasteiger partial charge in [0.25, 0.3) is 11.8 Å². The van der Waals surface area contributed by atoms with E-state index in [1.165, 1.54) is 35.6 Å². The number of hydrogen-bond donors (Lipinski definition) is 1. The van der Waals surface area contributed by atoms with E-state index in [2.05, 4.69) is 5.32 Å². The van der Waals surface area contributed by atoms with E-state index in [0.29, 0.717) is 34.8 Å². The summed E-state index contributed by atoms with van der Waals surface area (Å²) in [5.41, 5.74) is 1.84. The van der Waals surface area contributed by atoms with E-state index in [4.69, 9.17) is 4.74 Å². The predicted octanol–water partition coefficient (Wildman–Crippen LogP) is 4.35. The molecule has 3 aromatic rings. The van der Waals surface area contributed by atoms with Crippen LogP contribution in [0.4, 0.5) is 15.8 Å². The average Bonchev–Trinajstić information content (AvgIpc) is 3.29. The van der Waals surface area contributed by atoms with E-state index >= 15 is 0 Å². The van der Waals surface area contributed by atoms with E-state index in [9.17, 15) is 14.0 Å². The van der Waals surface area contributed by atoms with Crippen LogP contribution in [0.25, 0.3) is 0 Å². The summed E-state index contributed by atoms with van der Waals surface area (Å²) >= 11 is 1.39. The molecule has 0 fully saturated rings. The third-order valence-electron chi connectivity index (χ3n) is 4.55. The van der Waals surface area contributed by atoms with Crippen LogP contribution in [0.15, 0.2) is 54.6 Å². The Kier molecular flexibility index (Phi) is 4.83. The normalized spacial score (nSPS) is 12.6. The predicted molar refractivity (Wildman–Crippen MR) is 107 cm³/mol. The zero-order chi connectivity index (χ0) is 19.7. The fourth-order valence-electron chi connectivity index (χ4n) is 3.10. The van der Waals surface area contributed by atoms with Crippen molar-refractivity contribution in [2.75, 3.05) is 23.9 Å². The van der Waals surface area contributed by atoms with E-state index in [1.807, 2.05) is 0 Å².